The van der Waals surface area contributed by atoms with Crippen molar-refractivity contribution in [2.45, 2.75) is 25.9 Å². The van der Waals surface area contributed by atoms with E-state index in [0.29, 0.717) is 12.8 Å². The second-order valence-corrected chi connectivity index (χ2v) is 8.43. The number of aryl methyl sites for hydroxylation is 1. The molecule has 4 rings (SSSR count). The SMILES string of the molecule is Cc1ccc(Cc2[nH]/c(=N\C(=O)c3cccc(C(F)(F)F)c3)n(C)c2Cc2ccc(O)cc2)cc1. The third kappa shape index (κ3) is 5.71. The second kappa shape index (κ2) is 9.66. The van der Waals surface area contributed by atoms with Crippen LogP contribution in [0.15, 0.2) is 77.8 Å². The van der Waals surface area contributed by atoms with Crippen LogP contribution < -0.4 is 5.62 Å². The van der Waals surface area contributed by atoms with Crippen LogP contribution in [-0.2, 0) is 26.1 Å². The van der Waals surface area contributed by atoms with Gasteiger partial charge < -0.3 is 14.7 Å². The number of nitrogens with one attached hydrogen (secondary N) is 1. The lowest BCUT2D eigenvalue weighted by Crippen LogP contribution is -2.20. The number of phenols is 1. The number of nitrogens with zero attached hydrogens (tertiary/aromatic N) is 2. The van der Waals surface area contributed by atoms with Gasteiger partial charge in [-0.3, -0.25) is 4.79 Å². The van der Waals surface area contributed by atoms with Crippen molar-refractivity contribution in [2.24, 2.45) is 12.0 Å². The number of carbonyl (C=O) groups is 1. The first-order valence-electron chi connectivity index (χ1n) is 11.0. The maximum absolute atomic E-state index is 13.1. The molecule has 35 heavy (non-hydrogen) atoms. The summed E-state index contributed by atoms with van der Waals surface area (Å²) >= 11 is 0. The number of aromatic nitrogens is 2. The molecular weight excluding hydrogens is 455 g/mol. The minimum atomic E-state index is -4.55. The molecule has 2 N–H and O–H groups in total. The Labute approximate surface area is 200 Å². The van der Waals surface area contributed by atoms with E-state index in [1.165, 1.54) is 12.1 Å². The molecule has 0 fully saturated rings. The summed E-state index contributed by atoms with van der Waals surface area (Å²) in [5.74, 6) is -0.611. The molecule has 180 valence electrons. The summed E-state index contributed by atoms with van der Waals surface area (Å²) in [6, 6.07) is 19.1. The predicted octanol–water partition coefficient (Wildman–Crippen LogP) is 5.31. The fourth-order valence-corrected chi connectivity index (χ4v) is 3.80. The zero-order valence-corrected chi connectivity index (χ0v) is 19.2. The summed E-state index contributed by atoms with van der Waals surface area (Å²) in [6.45, 7) is 2.01. The maximum atomic E-state index is 13.1. The van der Waals surface area contributed by atoms with Crippen LogP contribution in [0.4, 0.5) is 13.2 Å². The van der Waals surface area contributed by atoms with E-state index in [0.717, 1.165) is 40.2 Å². The number of aromatic amines is 1. The van der Waals surface area contributed by atoms with Crippen molar-refractivity contribution < 1.29 is 23.1 Å². The van der Waals surface area contributed by atoms with Gasteiger partial charge in [-0.25, -0.2) is 0 Å². The highest BCUT2D eigenvalue weighted by atomic mass is 19.4. The van der Waals surface area contributed by atoms with Gasteiger partial charge in [-0.2, -0.15) is 18.2 Å². The Morgan fingerprint density at radius 3 is 2.26 bits per heavy atom. The molecule has 1 amide bonds. The van der Waals surface area contributed by atoms with E-state index in [4.69, 9.17) is 0 Å². The van der Waals surface area contributed by atoms with Crippen LogP contribution in [0, 0.1) is 6.92 Å². The largest absolute Gasteiger partial charge is 0.508 e. The van der Waals surface area contributed by atoms with Gasteiger partial charge in [-0.15, -0.1) is 0 Å². The van der Waals surface area contributed by atoms with Gasteiger partial charge in [0.1, 0.15) is 5.75 Å². The molecule has 0 aliphatic carbocycles. The molecule has 1 aromatic heterocycles. The number of halogens is 3. The average Bonchev–Trinajstić information content (AvgIpc) is 3.10. The van der Waals surface area contributed by atoms with Crippen molar-refractivity contribution in [1.82, 2.24) is 9.55 Å². The molecule has 0 aliphatic heterocycles. The number of rotatable bonds is 5. The molecule has 0 spiro atoms. The maximum Gasteiger partial charge on any atom is 0.416 e. The fraction of sp³-hybridized carbons (Fsp3) is 0.185. The number of alkyl halides is 3. The topological polar surface area (TPSA) is 70.4 Å². The molecule has 5 nitrogen and oxygen atoms in total. The molecule has 0 atom stereocenters. The number of amides is 1. The molecular formula is C27H24F3N3O2. The molecule has 0 aliphatic rings. The molecule has 0 unspecified atom stereocenters. The van der Waals surface area contributed by atoms with Crippen LogP contribution in [0.2, 0.25) is 0 Å². The Balaban J connectivity index is 1.74. The Hall–Kier alpha value is -4.07. The molecule has 0 saturated carbocycles. The molecule has 1 heterocycles. The first-order valence-corrected chi connectivity index (χ1v) is 11.0. The summed E-state index contributed by atoms with van der Waals surface area (Å²) in [7, 11) is 1.75. The van der Waals surface area contributed by atoms with Crippen molar-refractivity contribution in [3.05, 3.63) is 118 Å². The van der Waals surface area contributed by atoms with Gasteiger partial charge in [0.05, 0.1) is 5.56 Å². The van der Waals surface area contributed by atoms with Crippen LogP contribution in [0.5, 0.6) is 5.75 Å². The van der Waals surface area contributed by atoms with Crippen LogP contribution in [0.1, 0.15) is 44.0 Å². The van der Waals surface area contributed by atoms with Crippen molar-refractivity contribution >= 4 is 5.91 Å². The predicted molar refractivity (Wildman–Crippen MR) is 126 cm³/mol. The molecule has 4 aromatic rings. The van der Waals surface area contributed by atoms with Gasteiger partial charge in [-0.1, -0.05) is 48.0 Å². The third-order valence-corrected chi connectivity index (χ3v) is 5.79. The minimum absolute atomic E-state index is 0.144. The highest BCUT2D eigenvalue weighted by Crippen LogP contribution is 2.29. The molecule has 0 radical (unpaired) electrons. The van der Waals surface area contributed by atoms with Gasteiger partial charge in [0.15, 0.2) is 0 Å². The van der Waals surface area contributed by atoms with Crippen LogP contribution in [0.25, 0.3) is 0 Å². The van der Waals surface area contributed by atoms with Crippen molar-refractivity contribution in [3.63, 3.8) is 0 Å². The Morgan fingerprint density at radius 2 is 1.60 bits per heavy atom. The fourth-order valence-electron chi connectivity index (χ4n) is 3.80. The quantitative estimate of drug-likeness (QED) is 0.407. The summed E-state index contributed by atoms with van der Waals surface area (Å²) in [5, 5.41) is 9.60. The number of phenolic OH excluding ortho intramolecular Hbond substituents is 1. The van der Waals surface area contributed by atoms with Crippen molar-refractivity contribution in [1.29, 1.82) is 0 Å². The van der Waals surface area contributed by atoms with Gasteiger partial charge >= 0.3 is 6.18 Å². The lowest BCUT2D eigenvalue weighted by atomic mass is 10.0. The van der Waals surface area contributed by atoms with E-state index in [1.807, 2.05) is 43.3 Å². The number of carbonyl (C=O) groups excluding carboxylic acids is 1. The Morgan fingerprint density at radius 1 is 0.971 bits per heavy atom. The number of hydrogen-bond acceptors (Lipinski definition) is 2. The molecule has 0 saturated heterocycles. The highest BCUT2D eigenvalue weighted by molar-refractivity contribution is 5.95. The van der Waals surface area contributed by atoms with Gasteiger partial charge in [0.2, 0.25) is 5.62 Å². The zero-order valence-electron chi connectivity index (χ0n) is 19.2. The number of aromatic hydroxyl groups is 1. The normalized spacial score (nSPS) is 12.2. The smallest absolute Gasteiger partial charge is 0.416 e. The Kier molecular flexibility index (Phi) is 6.64. The first-order chi connectivity index (χ1) is 16.6. The summed E-state index contributed by atoms with van der Waals surface area (Å²) in [4.78, 5) is 20.1. The van der Waals surface area contributed by atoms with Gasteiger partial charge in [0, 0.05) is 36.8 Å². The average molecular weight is 480 g/mol. The van der Waals surface area contributed by atoms with E-state index >= 15 is 0 Å². The minimum Gasteiger partial charge on any atom is -0.508 e. The second-order valence-electron chi connectivity index (χ2n) is 8.43. The lowest BCUT2D eigenvalue weighted by molar-refractivity contribution is -0.137. The lowest BCUT2D eigenvalue weighted by Gasteiger charge is -2.08. The van der Waals surface area contributed by atoms with Gasteiger partial charge in [-0.05, 0) is 48.4 Å². The molecule has 8 heteroatoms. The van der Waals surface area contributed by atoms with Crippen molar-refractivity contribution in [2.75, 3.05) is 0 Å². The van der Waals surface area contributed by atoms with E-state index < -0.39 is 17.6 Å². The summed E-state index contributed by atoms with van der Waals surface area (Å²) in [5.41, 5.74) is 4.03. The number of hydrogen-bond donors (Lipinski definition) is 2. The monoisotopic (exact) mass is 479 g/mol. The standard InChI is InChI=1S/C27H24F3N3O2/c1-17-6-8-18(9-7-17)14-23-24(15-19-10-12-22(34)13-11-19)33(2)26(31-23)32-25(35)20-4-3-5-21(16-20)27(28,29)30/h3-13,16,34H,14-15H2,1-2H3,(H,31,32,35). The number of benzene rings is 3. The van der Waals surface area contributed by atoms with E-state index in [9.17, 15) is 23.1 Å². The van der Waals surface area contributed by atoms with E-state index in [2.05, 4.69) is 9.98 Å². The van der Waals surface area contributed by atoms with Crippen LogP contribution >= 0.6 is 0 Å². The molecule has 0 bridgehead atoms. The van der Waals surface area contributed by atoms with E-state index in [1.54, 1.807) is 23.7 Å². The summed E-state index contributed by atoms with van der Waals surface area (Å²) in [6.07, 6.45) is -3.50. The number of imidazole rings is 1. The molecule has 3 aromatic carbocycles. The van der Waals surface area contributed by atoms with Gasteiger partial charge in [0.25, 0.3) is 5.91 Å². The first kappa shape index (κ1) is 24.1. The summed E-state index contributed by atoms with van der Waals surface area (Å²) < 4.78 is 41.0. The Bertz CT molecular complexity index is 1410. The number of H-pyrrole nitrogens is 1. The third-order valence-electron chi connectivity index (χ3n) is 5.79. The zero-order chi connectivity index (χ0) is 25.2. The van der Waals surface area contributed by atoms with Crippen LogP contribution in [0.3, 0.4) is 0 Å². The van der Waals surface area contributed by atoms with E-state index in [-0.39, 0.29) is 16.9 Å². The van der Waals surface area contributed by atoms with Crippen molar-refractivity contribution in [3.8, 4) is 5.75 Å². The highest BCUT2D eigenvalue weighted by Gasteiger charge is 2.30. The van der Waals surface area contributed by atoms with Crippen LogP contribution in [-0.4, -0.2) is 20.6 Å².